The third kappa shape index (κ3) is 4.57. The molecule has 5 rings (SSSR count). The Kier molecular flexibility index (Phi) is 6.13. The first-order valence-corrected chi connectivity index (χ1v) is 12.9. The highest BCUT2D eigenvalue weighted by Crippen LogP contribution is 2.35. The highest BCUT2D eigenvalue weighted by atomic mass is 32.2. The van der Waals surface area contributed by atoms with Crippen molar-refractivity contribution in [3.05, 3.63) is 96.1 Å². The van der Waals surface area contributed by atoms with Crippen LogP contribution < -0.4 is 4.90 Å². The van der Waals surface area contributed by atoms with Gasteiger partial charge in [0.25, 0.3) is 5.91 Å². The van der Waals surface area contributed by atoms with Gasteiger partial charge in [0.05, 0.1) is 4.90 Å². The van der Waals surface area contributed by atoms with E-state index < -0.39 is 9.84 Å². The Bertz CT molecular complexity index is 1440. The Balaban J connectivity index is 1.45. The van der Waals surface area contributed by atoms with E-state index in [0.29, 0.717) is 37.3 Å². The van der Waals surface area contributed by atoms with Gasteiger partial charge in [-0.25, -0.2) is 8.42 Å². The molecule has 3 aromatic carbocycles. The number of amides is 1. The van der Waals surface area contributed by atoms with Gasteiger partial charge >= 0.3 is 0 Å². The number of nitrogens with zero attached hydrogens (tertiary/aromatic N) is 3. The minimum Gasteiger partial charge on any atom is -0.419 e. The van der Waals surface area contributed by atoms with Gasteiger partial charge in [-0.2, -0.15) is 4.98 Å². The molecule has 8 heteroatoms. The molecule has 0 aliphatic carbocycles. The number of carbonyl (C=O) groups excluding carboxylic acids is 1. The predicted octanol–water partition coefficient (Wildman–Crippen LogP) is 4.45. The average Bonchev–Trinajstić information content (AvgIpc) is 3.36. The number of anilines is 1. The lowest BCUT2D eigenvalue weighted by atomic mass is 10.1. The molecule has 1 aliphatic heterocycles. The lowest BCUT2D eigenvalue weighted by Gasteiger charge is -2.34. The average molecular weight is 488 g/mol. The summed E-state index contributed by atoms with van der Waals surface area (Å²) in [6.07, 6.45) is 0. The van der Waals surface area contributed by atoms with Crippen molar-refractivity contribution < 1.29 is 17.6 Å². The fraction of sp³-hybridized carbons (Fsp3) is 0.185. The van der Waals surface area contributed by atoms with Crippen LogP contribution in [-0.4, -0.2) is 50.4 Å². The number of aryl methyl sites for hydroxylation is 1. The van der Waals surface area contributed by atoms with Crippen molar-refractivity contribution in [2.45, 2.75) is 16.8 Å². The van der Waals surface area contributed by atoms with Gasteiger partial charge in [0, 0.05) is 37.3 Å². The van der Waals surface area contributed by atoms with Crippen molar-refractivity contribution >= 4 is 21.6 Å². The monoisotopic (exact) mass is 487 g/mol. The number of rotatable bonds is 5. The van der Waals surface area contributed by atoms with Crippen LogP contribution in [0.5, 0.6) is 0 Å². The number of aromatic nitrogens is 1. The lowest BCUT2D eigenvalue weighted by molar-refractivity contribution is 0.0745. The van der Waals surface area contributed by atoms with E-state index in [9.17, 15) is 13.2 Å². The first-order valence-electron chi connectivity index (χ1n) is 11.4. The molecule has 0 atom stereocenters. The Hall–Kier alpha value is -3.91. The molecule has 7 nitrogen and oxygen atoms in total. The van der Waals surface area contributed by atoms with E-state index in [1.54, 1.807) is 35.2 Å². The zero-order valence-electron chi connectivity index (χ0n) is 19.3. The zero-order valence-corrected chi connectivity index (χ0v) is 20.1. The maximum Gasteiger partial charge on any atom is 0.253 e. The molecule has 0 unspecified atom stereocenters. The van der Waals surface area contributed by atoms with Crippen molar-refractivity contribution in [2.75, 3.05) is 31.1 Å². The summed E-state index contributed by atoms with van der Waals surface area (Å²) in [7, 11) is -3.91. The van der Waals surface area contributed by atoms with Crippen LogP contribution in [0.1, 0.15) is 15.9 Å². The van der Waals surface area contributed by atoms with Gasteiger partial charge in [-0.05, 0) is 43.3 Å². The topological polar surface area (TPSA) is 83.7 Å². The summed E-state index contributed by atoms with van der Waals surface area (Å²) in [5.41, 5.74) is 2.37. The molecular weight excluding hydrogens is 462 g/mol. The normalized spacial score (nSPS) is 14.2. The fourth-order valence-corrected chi connectivity index (χ4v) is 5.50. The second kappa shape index (κ2) is 9.38. The van der Waals surface area contributed by atoms with Crippen molar-refractivity contribution in [3.63, 3.8) is 0 Å². The van der Waals surface area contributed by atoms with Crippen LogP contribution in [0.25, 0.3) is 11.5 Å². The van der Waals surface area contributed by atoms with Gasteiger partial charge in [-0.1, -0.05) is 54.1 Å². The summed E-state index contributed by atoms with van der Waals surface area (Å²) in [6.45, 7) is 3.70. The van der Waals surface area contributed by atoms with Crippen LogP contribution in [-0.2, 0) is 9.84 Å². The standard InChI is InChI=1S/C27H25N3O4S/c1-20-9-8-12-22(19-20)26(31)29-15-17-30(18-16-29)27-25(35(32,33)23-13-6-3-7-14-23)28-24(34-27)21-10-4-2-5-11-21/h2-14,19H,15-18H2,1H3. The summed E-state index contributed by atoms with van der Waals surface area (Å²) in [5.74, 6) is 0.414. The van der Waals surface area contributed by atoms with Crippen molar-refractivity contribution in [1.29, 1.82) is 0 Å². The Morgan fingerprint density at radius 1 is 0.857 bits per heavy atom. The molecule has 35 heavy (non-hydrogen) atoms. The van der Waals surface area contributed by atoms with Crippen molar-refractivity contribution in [3.8, 4) is 11.5 Å². The van der Waals surface area contributed by atoms with Gasteiger partial charge in [-0.3, -0.25) is 4.79 Å². The maximum atomic E-state index is 13.5. The quantitative estimate of drug-likeness (QED) is 0.414. The molecule has 1 fully saturated rings. The number of oxazole rings is 1. The molecule has 0 bridgehead atoms. The summed E-state index contributed by atoms with van der Waals surface area (Å²) in [4.78, 5) is 21.2. The van der Waals surface area contributed by atoms with E-state index in [-0.39, 0.29) is 27.6 Å². The molecule has 1 aliphatic rings. The summed E-state index contributed by atoms with van der Waals surface area (Å²) in [6, 6.07) is 25.0. The van der Waals surface area contributed by atoms with E-state index in [1.807, 2.05) is 66.4 Å². The summed E-state index contributed by atoms with van der Waals surface area (Å²) in [5, 5.41) is -0.110. The molecule has 4 aromatic rings. The Morgan fingerprint density at radius 2 is 1.51 bits per heavy atom. The molecule has 0 saturated carbocycles. The van der Waals surface area contributed by atoms with Gasteiger partial charge in [-0.15, -0.1) is 0 Å². The SMILES string of the molecule is Cc1cccc(C(=O)N2CCN(c3oc(-c4ccccc4)nc3S(=O)(=O)c3ccccc3)CC2)c1. The predicted molar refractivity (Wildman–Crippen MR) is 133 cm³/mol. The molecule has 0 radical (unpaired) electrons. The number of benzene rings is 3. The second-order valence-electron chi connectivity index (χ2n) is 8.46. The van der Waals surface area contributed by atoms with Crippen LogP contribution in [0.15, 0.2) is 99.3 Å². The van der Waals surface area contributed by atoms with Crippen LogP contribution in [0, 0.1) is 6.92 Å². The van der Waals surface area contributed by atoms with Crippen LogP contribution in [0.3, 0.4) is 0 Å². The van der Waals surface area contributed by atoms with E-state index in [0.717, 1.165) is 5.56 Å². The molecule has 1 saturated heterocycles. The van der Waals surface area contributed by atoms with E-state index in [1.165, 1.54) is 0 Å². The number of piperazine rings is 1. The molecule has 0 spiro atoms. The smallest absolute Gasteiger partial charge is 0.253 e. The maximum absolute atomic E-state index is 13.5. The highest BCUT2D eigenvalue weighted by Gasteiger charge is 2.33. The molecule has 1 amide bonds. The van der Waals surface area contributed by atoms with E-state index in [2.05, 4.69) is 4.98 Å². The third-order valence-corrected chi connectivity index (χ3v) is 7.70. The number of hydrogen-bond donors (Lipinski definition) is 0. The molecular formula is C27H25N3O4S. The first kappa shape index (κ1) is 22.9. The minimum atomic E-state index is -3.91. The van der Waals surface area contributed by atoms with Gasteiger partial charge < -0.3 is 14.2 Å². The van der Waals surface area contributed by atoms with Crippen molar-refractivity contribution in [1.82, 2.24) is 9.88 Å². The molecule has 0 N–H and O–H groups in total. The third-order valence-electron chi connectivity index (χ3n) is 6.03. The molecule has 178 valence electrons. The molecule has 1 aromatic heterocycles. The minimum absolute atomic E-state index is 0.0342. The zero-order chi connectivity index (χ0) is 24.4. The molecule has 2 heterocycles. The van der Waals surface area contributed by atoms with E-state index in [4.69, 9.17) is 4.42 Å². The number of carbonyl (C=O) groups is 1. The van der Waals surface area contributed by atoms with Crippen molar-refractivity contribution in [2.24, 2.45) is 0 Å². The number of hydrogen-bond acceptors (Lipinski definition) is 6. The fourth-order valence-electron chi connectivity index (χ4n) is 4.16. The van der Waals surface area contributed by atoms with Crippen LogP contribution in [0.4, 0.5) is 5.88 Å². The number of sulfone groups is 1. The highest BCUT2D eigenvalue weighted by molar-refractivity contribution is 7.91. The van der Waals surface area contributed by atoms with Gasteiger partial charge in [0.15, 0.2) is 0 Å². The van der Waals surface area contributed by atoms with E-state index >= 15 is 0 Å². The largest absolute Gasteiger partial charge is 0.419 e. The lowest BCUT2D eigenvalue weighted by Crippen LogP contribution is -2.49. The van der Waals surface area contributed by atoms with Crippen LogP contribution in [0.2, 0.25) is 0 Å². The van der Waals surface area contributed by atoms with Gasteiger partial charge in [0.2, 0.25) is 26.6 Å². The van der Waals surface area contributed by atoms with Gasteiger partial charge in [0.1, 0.15) is 0 Å². The van der Waals surface area contributed by atoms with Crippen LogP contribution >= 0.6 is 0 Å². The summed E-state index contributed by atoms with van der Waals surface area (Å²) >= 11 is 0. The summed E-state index contributed by atoms with van der Waals surface area (Å²) < 4.78 is 33.1. The Labute approximate surface area is 204 Å². The Morgan fingerprint density at radius 3 is 2.17 bits per heavy atom. The first-order chi connectivity index (χ1) is 16.9. The second-order valence-corrected chi connectivity index (χ2v) is 10.3.